The fraction of sp³-hybridized carbons (Fsp3) is 0.379. The van der Waals surface area contributed by atoms with Gasteiger partial charge in [-0.3, -0.25) is 19.2 Å². The maximum atomic E-state index is 13.3. The highest BCUT2D eigenvalue weighted by Crippen LogP contribution is 2.44. The van der Waals surface area contributed by atoms with Crippen molar-refractivity contribution in [3.63, 3.8) is 0 Å². The third-order valence-corrected chi connectivity index (χ3v) is 12.3. The van der Waals surface area contributed by atoms with Crippen LogP contribution in [0.15, 0.2) is 55.3 Å². The van der Waals surface area contributed by atoms with E-state index in [0.717, 1.165) is 78.3 Å². The van der Waals surface area contributed by atoms with Crippen LogP contribution >= 0.6 is 46.2 Å². The van der Waals surface area contributed by atoms with Gasteiger partial charge in [-0.25, -0.2) is 4.98 Å². The van der Waals surface area contributed by atoms with Crippen LogP contribution in [0.25, 0.3) is 10.1 Å². The number of oxime groups is 1. The number of amides is 2. The molecule has 18 heteroatoms. The van der Waals surface area contributed by atoms with Crippen LogP contribution in [0.4, 0.5) is 18.3 Å². The smallest absolute Gasteiger partial charge is 0.416 e. The fourth-order valence-electron chi connectivity index (χ4n) is 5.43. The van der Waals surface area contributed by atoms with Gasteiger partial charge in [0.1, 0.15) is 28.6 Å². The topological polar surface area (TPSA) is 164 Å². The van der Waals surface area contributed by atoms with E-state index in [1.165, 1.54) is 34.2 Å². The van der Waals surface area contributed by atoms with E-state index in [2.05, 4.69) is 15.5 Å². The Bertz CT molecular complexity index is 1860. The second kappa shape index (κ2) is 13.1. The van der Waals surface area contributed by atoms with Gasteiger partial charge in [0.05, 0.1) is 9.77 Å². The number of fused-ring (bicyclic) bond motifs is 2. The number of nitrogens with one attached hydrogen (secondary N) is 1. The van der Waals surface area contributed by atoms with E-state index < -0.39 is 51.8 Å². The van der Waals surface area contributed by atoms with Crippen LogP contribution in [0.3, 0.4) is 0 Å². The van der Waals surface area contributed by atoms with Crippen molar-refractivity contribution in [3.05, 3.63) is 62.6 Å². The third kappa shape index (κ3) is 6.86. The zero-order chi connectivity index (χ0) is 33.5. The molecule has 2 aromatic heterocycles. The molecule has 47 heavy (non-hydrogen) atoms. The number of nitrogens with two attached hydrogens (primary N) is 1. The van der Waals surface area contributed by atoms with Crippen molar-refractivity contribution in [1.29, 1.82) is 0 Å². The number of carboxylic acids is 1. The molecule has 3 aromatic rings. The van der Waals surface area contributed by atoms with Gasteiger partial charge in [0.25, 0.3) is 5.91 Å². The quantitative estimate of drug-likeness (QED) is 0.121. The number of hydrogen-bond donors (Lipinski definition) is 3. The van der Waals surface area contributed by atoms with Crippen molar-refractivity contribution < 1.29 is 37.5 Å². The first-order valence-corrected chi connectivity index (χ1v) is 17.9. The summed E-state index contributed by atoms with van der Waals surface area (Å²) in [6.07, 6.45) is 0.367. The molecular weight excluding hydrogens is 700 g/mol. The number of rotatable bonds is 9. The van der Waals surface area contributed by atoms with Crippen LogP contribution in [0.5, 0.6) is 0 Å². The van der Waals surface area contributed by atoms with Crippen LogP contribution in [0.2, 0.25) is 0 Å². The van der Waals surface area contributed by atoms with Gasteiger partial charge in [-0.2, -0.15) is 13.2 Å². The highest BCUT2D eigenvalue weighted by atomic mass is 32.2. The zero-order valence-electron chi connectivity index (χ0n) is 24.2. The number of thiazole rings is 1. The molecule has 2 amide bonds. The van der Waals surface area contributed by atoms with Crippen molar-refractivity contribution in [2.45, 2.75) is 53.6 Å². The molecule has 248 valence electrons. The predicted molar refractivity (Wildman–Crippen MR) is 174 cm³/mol. The molecule has 3 fully saturated rings. The number of carboxylic acid groups (broad SMARTS) is 1. The van der Waals surface area contributed by atoms with Crippen molar-refractivity contribution in [2.24, 2.45) is 10.6 Å². The molecule has 2 saturated heterocycles. The van der Waals surface area contributed by atoms with Gasteiger partial charge in [0, 0.05) is 33.8 Å². The SMILES string of the molecule is Nc1nc(C(=NOC2CCCC2)C(=O)NC2C(=O)N3CC(C=CSc4cc(=O)c5ccc(C(F)(F)F)cc5s4)(C(=O)O)CS[C@H]23)cs1. The molecule has 1 saturated carbocycles. The summed E-state index contributed by atoms with van der Waals surface area (Å²) in [6, 6.07) is 3.28. The molecule has 6 rings (SSSR count). The summed E-state index contributed by atoms with van der Waals surface area (Å²) < 4.78 is 40.1. The number of carbonyl (C=O) groups excluding carboxylic acids is 2. The lowest BCUT2D eigenvalue weighted by atomic mass is 9.87. The van der Waals surface area contributed by atoms with Crippen molar-refractivity contribution >= 4 is 84.9 Å². The number of carbonyl (C=O) groups is 3. The van der Waals surface area contributed by atoms with E-state index in [0.29, 0.717) is 4.21 Å². The molecule has 1 aromatic carbocycles. The number of halogens is 3. The van der Waals surface area contributed by atoms with Crippen molar-refractivity contribution in [1.82, 2.24) is 15.2 Å². The Balaban J connectivity index is 1.13. The van der Waals surface area contributed by atoms with Gasteiger partial charge in [-0.15, -0.1) is 34.4 Å². The number of nitrogens with zero attached hydrogens (tertiary/aromatic N) is 3. The van der Waals surface area contributed by atoms with Gasteiger partial charge >= 0.3 is 12.1 Å². The summed E-state index contributed by atoms with van der Waals surface area (Å²) in [6.45, 7) is -0.167. The lowest BCUT2D eigenvalue weighted by Crippen LogP contribution is -2.73. The Hall–Kier alpha value is -3.61. The minimum absolute atomic E-state index is 0.0669. The van der Waals surface area contributed by atoms with Crippen LogP contribution in [-0.4, -0.2) is 68.3 Å². The predicted octanol–water partition coefficient (Wildman–Crippen LogP) is 4.76. The Labute approximate surface area is 281 Å². The minimum Gasteiger partial charge on any atom is -0.481 e. The molecule has 1 aliphatic carbocycles. The van der Waals surface area contributed by atoms with Crippen molar-refractivity contribution in [3.8, 4) is 0 Å². The molecule has 3 aliphatic rings. The monoisotopic (exact) mass is 725 g/mol. The molecule has 0 bridgehead atoms. The standard InChI is InChI=1S/C29H26F3N5O6S4/c30-29(31,32)14-5-6-16-18(38)10-20(47-19(16)9-14)44-8-7-28(26(41)42)12-37-24(40)22(25(37)46-13-28)35-23(39)21(17-11-45-27(33)34-17)36-43-15-3-1-2-4-15/h5-11,15,22,25H,1-4,12-13H2,(H2,33,34)(H,35,39)(H,41,42)/t22?,25-,28?/m1/s1. The first kappa shape index (κ1) is 33.3. The van der Waals surface area contributed by atoms with Gasteiger partial charge in [-0.1, -0.05) is 23.0 Å². The Morgan fingerprint density at radius 1 is 1.23 bits per heavy atom. The fourth-order valence-corrected chi connectivity index (χ4v) is 9.60. The van der Waals surface area contributed by atoms with Crippen LogP contribution in [0.1, 0.15) is 36.9 Å². The number of aliphatic carboxylic acids is 1. The summed E-state index contributed by atoms with van der Waals surface area (Å²) in [4.78, 5) is 62.6. The molecule has 4 heterocycles. The highest BCUT2D eigenvalue weighted by molar-refractivity contribution is 8.04. The van der Waals surface area contributed by atoms with E-state index in [1.54, 1.807) is 5.38 Å². The first-order valence-electron chi connectivity index (χ1n) is 14.3. The summed E-state index contributed by atoms with van der Waals surface area (Å²) >= 11 is 4.30. The number of nitrogen functional groups attached to an aromatic ring is 1. The summed E-state index contributed by atoms with van der Waals surface area (Å²) in [5.74, 6) is -2.25. The number of anilines is 1. The largest absolute Gasteiger partial charge is 0.481 e. The Kier molecular flexibility index (Phi) is 9.30. The number of benzene rings is 1. The lowest BCUT2D eigenvalue weighted by Gasteiger charge is -2.53. The molecular formula is C29H26F3N5O6S4. The van der Waals surface area contributed by atoms with Gasteiger partial charge in [-0.05, 0) is 49.3 Å². The molecule has 2 unspecified atom stereocenters. The van der Waals surface area contributed by atoms with Gasteiger partial charge < -0.3 is 25.9 Å². The maximum Gasteiger partial charge on any atom is 0.416 e. The van der Waals surface area contributed by atoms with Crippen LogP contribution in [-0.2, 0) is 25.4 Å². The second-order valence-corrected chi connectivity index (χ2v) is 15.4. The summed E-state index contributed by atoms with van der Waals surface area (Å²) in [7, 11) is 0. The van der Waals surface area contributed by atoms with Crippen molar-refractivity contribution in [2.75, 3.05) is 18.0 Å². The third-order valence-electron chi connectivity index (χ3n) is 8.00. The lowest BCUT2D eigenvalue weighted by molar-refractivity contribution is -0.156. The Morgan fingerprint density at radius 2 is 2.00 bits per heavy atom. The second-order valence-electron chi connectivity index (χ2n) is 11.2. The van der Waals surface area contributed by atoms with E-state index in [4.69, 9.17) is 10.6 Å². The molecule has 2 aliphatic heterocycles. The number of aromatic nitrogens is 1. The minimum atomic E-state index is -4.57. The van der Waals surface area contributed by atoms with E-state index >= 15 is 0 Å². The highest BCUT2D eigenvalue weighted by Gasteiger charge is 2.57. The maximum absolute atomic E-state index is 13.3. The summed E-state index contributed by atoms with van der Waals surface area (Å²) in [5, 5.41) is 19.8. The molecule has 3 atom stereocenters. The molecule has 4 N–H and O–H groups in total. The molecule has 11 nitrogen and oxygen atoms in total. The average Bonchev–Trinajstić information content (AvgIpc) is 3.71. The molecule has 0 spiro atoms. The number of alkyl halides is 3. The summed E-state index contributed by atoms with van der Waals surface area (Å²) in [5.41, 5.74) is 3.05. The number of thioether (sulfide) groups is 2. The van der Waals surface area contributed by atoms with E-state index in [-0.39, 0.29) is 45.0 Å². The number of β-lactam (4-membered cyclic amide) rings is 1. The number of hydrogen-bond acceptors (Lipinski definition) is 12. The Morgan fingerprint density at radius 3 is 2.68 bits per heavy atom. The normalized spacial score (nSPS) is 23.6. The van der Waals surface area contributed by atoms with E-state index in [1.807, 2.05) is 0 Å². The van der Waals surface area contributed by atoms with Crippen LogP contribution in [0, 0.1) is 5.41 Å². The molecule has 0 radical (unpaired) electrons. The van der Waals surface area contributed by atoms with E-state index in [9.17, 15) is 37.5 Å². The van der Waals surface area contributed by atoms with Crippen LogP contribution < -0.4 is 16.5 Å². The van der Waals surface area contributed by atoms with Gasteiger partial charge in [0.15, 0.2) is 16.3 Å². The average molecular weight is 726 g/mol. The first-order chi connectivity index (χ1) is 22.3. The zero-order valence-corrected chi connectivity index (χ0v) is 27.5. The van der Waals surface area contributed by atoms with Gasteiger partial charge in [0.2, 0.25) is 5.91 Å².